The van der Waals surface area contributed by atoms with E-state index in [2.05, 4.69) is 40.0 Å². The molecule has 0 aliphatic carbocycles. The second-order valence-corrected chi connectivity index (χ2v) is 5.92. The summed E-state index contributed by atoms with van der Waals surface area (Å²) >= 11 is 6.27. The Morgan fingerprint density at radius 3 is 2.81 bits per heavy atom. The van der Waals surface area contributed by atoms with Crippen molar-refractivity contribution in [2.24, 2.45) is 7.05 Å². The van der Waals surface area contributed by atoms with E-state index >= 15 is 0 Å². The third-order valence-electron chi connectivity index (χ3n) is 3.82. The fourth-order valence-electron chi connectivity index (χ4n) is 2.44. The van der Waals surface area contributed by atoms with Gasteiger partial charge in [-0.25, -0.2) is 4.98 Å². The van der Waals surface area contributed by atoms with Gasteiger partial charge in [-0.15, -0.1) is 0 Å². The Morgan fingerprint density at radius 1 is 1.38 bits per heavy atom. The molecule has 0 aliphatic rings. The number of hydrogen-bond acceptors (Lipinski definition) is 2. The summed E-state index contributed by atoms with van der Waals surface area (Å²) in [7, 11) is 2.04. The maximum Gasteiger partial charge on any atom is 0.108 e. The number of nitrogens with zero attached hydrogens (tertiary/aromatic N) is 2. The van der Waals surface area contributed by atoms with E-state index in [-0.39, 0.29) is 0 Å². The lowest BCUT2D eigenvalue weighted by molar-refractivity contribution is 0.491. The summed E-state index contributed by atoms with van der Waals surface area (Å²) < 4.78 is 2.08. The minimum Gasteiger partial charge on any atom is -0.338 e. The molecule has 0 aliphatic heterocycles. The van der Waals surface area contributed by atoms with Crippen LogP contribution in [0.4, 0.5) is 0 Å². The molecule has 3 nitrogen and oxygen atoms in total. The van der Waals surface area contributed by atoms with Gasteiger partial charge in [-0.3, -0.25) is 0 Å². The van der Waals surface area contributed by atoms with E-state index in [1.165, 1.54) is 5.56 Å². The molecule has 0 saturated heterocycles. The van der Waals surface area contributed by atoms with Gasteiger partial charge in [0.2, 0.25) is 0 Å². The van der Waals surface area contributed by atoms with Crippen LogP contribution in [0, 0.1) is 6.92 Å². The van der Waals surface area contributed by atoms with E-state index in [1.54, 1.807) is 0 Å². The summed E-state index contributed by atoms with van der Waals surface area (Å²) in [6, 6.07) is 6.68. The normalized spacial score (nSPS) is 12.6. The standard InChI is InChI=1S/C17H24ClN3/c1-4-9-19-16(7-8-17-20-10-11-21(17)3)14-6-5-13(2)15(18)12-14/h5-6,10-12,16,19H,4,7-9H2,1-3H3. The minimum atomic E-state index is 0.319. The lowest BCUT2D eigenvalue weighted by Crippen LogP contribution is -2.23. The average Bonchev–Trinajstić information content (AvgIpc) is 2.88. The summed E-state index contributed by atoms with van der Waals surface area (Å²) in [6.07, 6.45) is 6.94. The minimum absolute atomic E-state index is 0.319. The van der Waals surface area contributed by atoms with Gasteiger partial charge in [-0.05, 0) is 43.5 Å². The van der Waals surface area contributed by atoms with E-state index in [1.807, 2.05) is 26.4 Å². The van der Waals surface area contributed by atoms with Crippen LogP contribution in [0.3, 0.4) is 0 Å². The lowest BCUT2D eigenvalue weighted by Gasteiger charge is -2.19. The molecule has 4 heteroatoms. The van der Waals surface area contributed by atoms with Gasteiger partial charge < -0.3 is 9.88 Å². The van der Waals surface area contributed by atoms with Crippen LogP contribution in [0.1, 0.15) is 42.8 Å². The van der Waals surface area contributed by atoms with E-state index < -0.39 is 0 Å². The Bertz CT molecular complexity index is 577. The number of aromatic nitrogens is 2. The Labute approximate surface area is 132 Å². The first-order valence-electron chi connectivity index (χ1n) is 7.57. The van der Waals surface area contributed by atoms with Crippen molar-refractivity contribution in [3.63, 3.8) is 0 Å². The molecule has 114 valence electrons. The zero-order valence-electron chi connectivity index (χ0n) is 13.1. The topological polar surface area (TPSA) is 29.9 Å². The van der Waals surface area contributed by atoms with Crippen molar-refractivity contribution in [2.75, 3.05) is 6.54 Å². The van der Waals surface area contributed by atoms with Crippen molar-refractivity contribution in [3.05, 3.63) is 52.6 Å². The molecular formula is C17H24ClN3. The highest BCUT2D eigenvalue weighted by Gasteiger charge is 2.13. The monoisotopic (exact) mass is 305 g/mol. The van der Waals surface area contributed by atoms with Crippen LogP contribution in [0.5, 0.6) is 0 Å². The van der Waals surface area contributed by atoms with Gasteiger partial charge in [0.25, 0.3) is 0 Å². The largest absolute Gasteiger partial charge is 0.338 e. The van der Waals surface area contributed by atoms with Crippen molar-refractivity contribution < 1.29 is 0 Å². The zero-order chi connectivity index (χ0) is 15.2. The molecule has 21 heavy (non-hydrogen) atoms. The maximum atomic E-state index is 6.27. The van der Waals surface area contributed by atoms with E-state index in [0.717, 1.165) is 42.2 Å². The number of hydrogen-bond donors (Lipinski definition) is 1. The third-order valence-corrected chi connectivity index (χ3v) is 4.22. The molecule has 1 aromatic heterocycles. The van der Waals surface area contributed by atoms with Crippen LogP contribution in [-0.4, -0.2) is 16.1 Å². The number of benzene rings is 1. The van der Waals surface area contributed by atoms with E-state index in [9.17, 15) is 0 Å². The van der Waals surface area contributed by atoms with Gasteiger partial charge in [-0.2, -0.15) is 0 Å². The second-order valence-electron chi connectivity index (χ2n) is 5.51. The van der Waals surface area contributed by atoms with E-state index in [0.29, 0.717) is 6.04 Å². The van der Waals surface area contributed by atoms with E-state index in [4.69, 9.17) is 11.6 Å². The van der Waals surface area contributed by atoms with Gasteiger partial charge in [0, 0.05) is 36.9 Å². The first-order valence-corrected chi connectivity index (χ1v) is 7.95. The predicted molar refractivity (Wildman–Crippen MR) is 88.8 cm³/mol. The SMILES string of the molecule is CCCNC(CCc1nccn1C)c1ccc(C)c(Cl)c1. The van der Waals surface area contributed by atoms with Crippen molar-refractivity contribution in [2.45, 2.75) is 39.2 Å². The van der Waals surface area contributed by atoms with Crippen molar-refractivity contribution >= 4 is 11.6 Å². The number of halogens is 1. The van der Waals surface area contributed by atoms with Gasteiger partial charge in [0.1, 0.15) is 5.82 Å². The highest BCUT2D eigenvalue weighted by Crippen LogP contribution is 2.24. The molecule has 0 saturated carbocycles. The van der Waals surface area contributed by atoms with Crippen LogP contribution in [0.15, 0.2) is 30.6 Å². The van der Waals surface area contributed by atoms with Crippen LogP contribution in [-0.2, 0) is 13.5 Å². The fraction of sp³-hybridized carbons (Fsp3) is 0.471. The molecule has 0 amide bonds. The molecule has 1 heterocycles. The van der Waals surface area contributed by atoms with Crippen LogP contribution in [0.25, 0.3) is 0 Å². The molecule has 0 radical (unpaired) electrons. The molecule has 1 unspecified atom stereocenters. The average molecular weight is 306 g/mol. The van der Waals surface area contributed by atoms with Gasteiger partial charge >= 0.3 is 0 Å². The van der Waals surface area contributed by atoms with Crippen LogP contribution >= 0.6 is 11.6 Å². The number of aryl methyl sites for hydroxylation is 3. The summed E-state index contributed by atoms with van der Waals surface area (Å²) in [4.78, 5) is 4.40. The molecule has 0 bridgehead atoms. The summed E-state index contributed by atoms with van der Waals surface area (Å²) in [6.45, 7) is 5.23. The number of nitrogens with one attached hydrogen (secondary N) is 1. The summed E-state index contributed by atoms with van der Waals surface area (Å²) in [5, 5.41) is 4.46. The Morgan fingerprint density at radius 2 is 2.19 bits per heavy atom. The van der Waals surface area contributed by atoms with Crippen molar-refractivity contribution in [3.8, 4) is 0 Å². The zero-order valence-corrected chi connectivity index (χ0v) is 13.8. The quantitative estimate of drug-likeness (QED) is 0.836. The highest BCUT2D eigenvalue weighted by molar-refractivity contribution is 6.31. The first kappa shape index (κ1) is 16.1. The second kappa shape index (κ2) is 7.62. The molecule has 0 spiro atoms. The van der Waals surface area contributed by atoms with Crippen LogP contribution < -0.4 is 5.32 Å². The Kier molecular flexibility index (Phi) is 5.83. The van der Waals surface area contributed by atoms with Crippen LogP contribution in [0.2, 0.25) is 5.02 Å². The Hall–Kier alpha value is -1.32. The van der Waals surface area contributed by atoms with Gasteiger partial charge in [0.15, 0.2) is 0 Å². The molecule has 1 atom stereocenters. The smallest absolute Gasteiger partial charge is 0.108 e. The first-order chi connectivity index (χ1) is 10.1. The summed E-state index contributed by atoms with van der Waals surface area (Å²) in [5.74, 6) is 1.12. The molecule has 2 aromatic rings. The molecule has 2 rings (SSSR count). The highest BCUT2D eigenvalue weighted by atomic mass is 35.5. The third kappa shape index (κ3) is 4.32. The van der Waals surface area contributed by atoms with Gasteiger partial charge in [-0.1, -0.05) is 30.7 Å². The summed E-state index contributed by atoms with van der Waals surface area (Å²) in [5.41, 5.74) is 2.38. The van der Waals surface area contributed by atoms with Gasteiger partial charge in [0.05, 0.1) is 0 Å². The predicted octanol–water partition coefficient (Wildman–Crippen LogP) is 4.06. The van der Waals surface area contributed by atoms with Crippen molar-refractivity contribution in [1.82, 2.24) is 14.9 Å². The number of rotatable bonds is 7. The fourth-order valence-corrected chi connectivity index (χ4v) is 2.63. The molecular weight excluding hydrogens is 282 g/mol. The molecule has 0 fully saturated rings. The molecule has 1 aromatic carbocycles. The van der Waals surface area contributed by atoms with Crippen molar-refractivity contribution in [1.29, 1.82) is 0 Å². The Balaban J connectivity index is 2.09. The number of imidazole rings is 1. The molecule has 1 N–H and O–H groups in total. The lowest BCUT2D eigenvalue weighted by atomic mass is 10.00. The maximum absolute atomic E-state index is 6.27.